The molecule has 0 spiro atoms. The van der Waals surface area contributed by atoms with Crippen LogP contribution >= 0.6 is 0 Å². The summed E-state index contributed by atoms with van der Waals surface area (Å²) >= 11 is 0. The zero-order chi connectivity index (χ0) is 13.4. The Kier molecular flexibility index (Phi) is 3.16. The number of hydrogen-bond donors (Lipinski definition) is 3. The highest BCUT2D eigenvalue weighted by molar-refractivity contribution is 6.02. The first-order valence-corrected chi connectivity index (χ1v) is 6.67. The van der Waals surface area contributed by atoms with E-state index in [0.29, 0.717) is 17.2 Å². The van der Waals surface area contributed by atoms with Crippen molar-refractivity contribution in [1.82, 2.24) is 0 Å². The van der Waals surface area contributed by atoms with Crippen LogP contribution in [0.2, 0.25) is 0 Å². The first-order valence-electron chi connectivity index (χ1n) is 6.67. The van der Waals surface area contributed by atoms with Gasteiger partial charge in [0, 0.05) is 36.6 Å². The molecule has 0 aliphatic carbocycles. The van der Waals surface area contributed by atoms with E-state index in [1.807, 2.05) is 18.2 Å². The van der Waals surface area contributed by atoms with Gasteiger partial charge in [-0.25, -0.2) is 0 Å². The molecule has 3 N–H and O–H groups in total. The van der Waals surface area contributed by atoms with Gasteiger partial charge in [0.25, 0.3) is 5.91 Å². The molecule has 1 aromatic rings. The Morgan fingerprint density at radius 3 is 2.74 bits per heavy atom. The molecule has 0 saturated carbocycles. The Hall–Kier alpha value is -1.59. The molecule has 102 valence electrons. The van der Waals surface area contributed by atoms with Gasteiger partial charge in [0.05, 0.1) is 0 Å². The number of anilines is 2. The Morgan fingerprint density at radius 1 is 1.32 bits per heavy atom. The summed E-state index contributed by atoms with van der Waals surface area (Å²) in [6, 6.07) is 5.68. The molecule has 2 heterocycles. The van der Waals surface area contributed by atoms with Crippen LogP contribution in [0, 0.1) is 5.92 Å². The maximum absolute atomic E-state index is 11.4. The van der Waals surface area contributed by atoms with E-state index >= 15 is 0 Å². The van der Waals surface area contributed by atoms with Gasteiger partial charge in [0.15, 0.2) is 6.10 Å². The molecule has 1 aromatic carbocycles. The Labute approximate surface area is 111 Å². The fourth-order valence-electron chi connectivity index (χ4n) is 2.80. The Bertz CT molecular complexity index is 495. The van der Waals surface area contributed by atoms with Gasteiger partial charge in [-0.3, -0.25) is 4.79 Å². The zero-order valence-electron chi connectivity index (χ0n) is 10.7. The van der Waals surface area contributed by atoms with Gasteiger partial charge in [0.2, 0.25) is 0 Å². The summed E-state index contributed by atoms with van der Waals surface area (Å²) in [5.74, 6) is 0.0540. The minimum Gasteiger partial charge on any atom is -0.396 e. The van der Waals surface area contributed by atoms with Crippen LogP contribution in [-0.2, 0) is 4.79 Å². The van der Waals surface area contributed by atoms with Crippen LogP contribution in [-0.4, -0.2) is 35.8 Å². The molecule has 19 heavy (non-hydrogen) atoms. The van der Waals surface area contributed by atoms with Crippen LogP contribution in [0.4, 0.5) is 11.4 Å². The summed E-state index contributed by atoms with van der Waals surface area (Å²) in [5.41, 5.74) is 2.42. The quantitative estimate of drug-likeness (QED) is 0.740. The van der Waals surface area contributed by atoms with Crippen molar-refractivity contribution in [2.45, 2.75) is 18.9 Å². The first kappa shape index (κ1) is 12.4. The lowest BCUT2D eigenvalue weighted by Gasteiger charge is -2.33. The topological polar surface area (TPSA) is 72.8 Å². The summed E-state index contributed by atoms with van der Waals surface area (Å²) in [6.45, 7) is 2.10. The van der Waals surface area contributed by atoms with E-state index in [2.05, 4.69) is 10.2 Å². The lowest BCUT2D eigenvalue weighted by Crippen LogP contribution is -2.34. The van der Waals surface area contributed by atoms with Gasteiger partial charge < -0.3 is 20.4 Å². The van der Waals surface area contributed by atoms with Crippen LogP contribution in [0.3, 0.4) is 0 Å². The molecule has 1 unspecified atom stereocenters. The minimum atomic E-state index is -1.04. The maximum atomic E-state index is 11.4. The highest BCUT2D eigenvalue weighted by Gasteiger charge is 2.29. The Morgan fingerprint density at radius 2 is 2.05 bits per heavy atom. The van der Waals surface area contributed by atoms with Crippen molar-refractivity contribution in [2.24, 2.45) is 5.92 Å². The van der Waals surface area contributed by atoms with E-state index in [0.717, 1.165) is 31.6 Å². The monoisotopic (exact) mass is 262 g/mol. The minimum absolute atomic E-state index is 0.264. The van der Waals surface area contributed by atoms with E-state index in [1.54, 1.807) is 0 Å². The van der Waals surface area contributed by atoms with Crippen LogP contribution in [0.15, 0.2) is 18.2 Å². The second-order valence-electron chi connectivity index (χ2n) is 5.28. The first-order chi connectivity index (χ1) is 9.19. The van der Waals surface area contributed by atoms with Gasteiger partial charge >= 0.3 is 0 Å². The number of nitrogens with one attached hydrogen (secondary N) is 1. The van der Waals surface area contributed by atoms with E-state index in [9.17, 15) is 9.90 Å². The van der Waals surface area contributed by atoms with Crippen molar-refractivity contribution >= 4 is 17.3 Å². The third kappa shape index (κ3) is 2.19. The second kappa shape index (κ2) is 4.83. The number of nitrogens with zero attached hydrogens (tertiary/aromatic N) is 1. The van der Waals surface area contributed by atoms with Crippen molar-refractivity contribution < 1.29 is 15.0 Å². The van der Waals surface area contributed by atoms with Crippen molar-refractivity contribution in [3.8, 4) is 0 Å². The number of benzene rings is 1. The van der Waals surface area contributed by atoms with E-state index in [4.69, 9.17) is 5.11 Å². The van der Waals surface area contributed by atoms with Gasteiger partial charge in [0.1, 0.15) is 0 Å². The predicted molar refractivity (Wildman–Crippen MR) is 72.1 cm³/mol. The molecule has 1 saturated heterocycles. The normalized spacial score (nSPS) is 23.4. The van der Waals surface area contributed by atoms with Crippen molar-refractivity contribution in [3.63, 3.8) is 0 Å². The lowest BCUT2D eigenvalue weighted by molar-refractivity contribution is -0.123. The molecule has 5 nitrogen and oxygen atoms in total. The molecule has 0 bridgehead atoms. The van der Waals surface area contributed by atoms with Crippen LogP contribution < -0.4 is 10.2 Å². The molecular weight excluding hydrogens is 244 g/mol. The number of fused-ring (bicyclic) bond motifs is 1. The summed E-state index contributed by atoms with van der Waals surface area (Å²) in [4.78, 5) is 13.7. The highest BCUT2D eigenvalue weighted by atomic mass is 16.3. The lowest BCUT2D eigenvalue weighted by atomic mass is 9.97. The summed E-state index contributed by atoms with van der Waals surface area (Å²) < 4.78 is 0. The van der Waals surface area contributed by atoms with Crippen LogP contribution in [0.25, 0.3) is 0 Å². The molecule has 2 aliphatic rings. The molecule has 1 amide bonds. The average Bonchev–Trinajstić information content (AvgIpc) is 2.74. The zero-order valence-corrected chi connectivity index (χ0v) is 10.7. The largest absolute Gasteiger partial charge is 0.396 e. The number of piperidine rings is 1. The molecule has 2 aliphatic heterocycles. The van der Waals surface area contributed by atoms with E-state index < -0.39 is 6.10 Å². The van der Waals surface area contributed by atoms with Crippen molar-refractivity contribution in [2.75, 3.05) is 29.9 Å². The predicted octanol–water partition coefficient (Wildman–Crippen LogP) is 0.881. The van der Waals surface area contributed by atoms with E-state index in [1.165, 1.54) is 0 Å². The number of hydrogen-bond acceptors (Lipinski definition) is 4. The smallest absolute Gasteiger partial charge is 0.257 e. The van der Waals surface area contributed by atoms with Gasteiger partial charge in [-0.15, -0.1) is 0 Å². The highest BCUT2D eigenvalue weighted by Crippen LogP contribution is 2.34. The van der Waals surface area contributed by atoms with Gasteiger partial charge in [-0.2, -0.15) is 0 Å². The average molecular weight is 262 g/mol. The number of aliphatic hydroxyl groups excluding tert-OH is 2. The number of carbonyl (C=O) groups is 1. The number of amides is 1. The molecule has 1 atom stereocenters. The standard InChI is InChI=1S/C14H18N2O3/c17-8-9-3-5-16(6-4-9)10-1-2-11-12(7-10)15-14(19)13(11)18/h1-2,7,9,13,17-18H,3-6,8H2,(H,15,19). The molecule has 5 heteroatoms. The van der Waals surface area contributed by atoms with Crippen molar-refractivity contribution in [3.05, 3.63) is 23.8 Å². The second-order valence-corrected chi connectivity index (χ2v) is 5.28. The van der Waals surface area contributed by atoms with E-state index in [-0.39, 0.29) is 12.5 Å². The third-order valence-corrected chi connectivity index (χ3v) is 4.08. The molecule has 0 aromatic heterocycles. The summed E-state index contributed by atoms with van der Waals surface area (Å²) in [5, 5.41) is 21.5. The van der Waals surface area contributed by atoms with Crippen LogP contribution in [0.1, 0.15) is 24.5 Å². The summed E-state index contributed by atoms with van der Waals surface area (Å²) in [7, 11) is 0. The van der Waals surface area contributed by atoms with Gasteiger partial charge in [-0.1, -0.05) is 6.07 Å². The van der Waals surface area contributed by atoms with Crippen molar-refractivity contribution in [1.29, 1.82) is 0 Å². The molecule has 1 fully saturated rings. The molecule has 0 radical (unpaired) electrons. The number of carbonyl (C=O) groups excluding carboxylic acids is 1. The molecule has 3 rings (SSSR count). The summed E-state index contributed by atoms with van der Waals surface area (Å²) in [6.07, 6.45) is 0.940. The third-order valence-electron chi connectivity index (χ3n) is 4.08. The SMILES string of the molecule is O=C1Nc2cc(N3CCC(CO)CC3)ccc2C1O. The fourth-order valence-corrected chi connectivity index (χ4v) is 2.80. The maximum Gasteiger partial charge on any atom is 0.257 e. The van der Waals surface area contributed by atoms with Gasteiger partial charge in [-0.05, 0) is 30.9 Å². The Balaban J connectivity index is 1.77. The fraction of sp³-hybridized carbons (Fsp3) is 0.500. The number of aliphatic hydroxyl groups is 2. The number of rotatable bonds is 2. The molecular formula is C14H18N2O3. The van der Waals surface area contributed by atoms with Crippen LogP contribution in [0.5, 0.6) is 0 Å².